The van der Waals surface area contributed by atoms with Crippen LogP contribution in [0.3, 0.4) is 0 Å². The molecule has 14 heteroatoms. The number of aromatic nitrogens is 6. The average Bonchev–Trinajstić information content (AvgIpc) is 3.54. The topological polar surface area (TPSA) is 149 Å². The Morgan fingerprint density at radius 3 is 2.82 bits per heavy atom. The van der Waals surface area contributed by atoms with Crippen LogP contribution >= 0.6 is 0 Å². The van der Waals surface area contributed by atoms with Gasteiger partial charge in [0.15, 0.2) is 23.1 Å². The normalized spacial score (nSPS) is 14.7. The van der Waals surface area contributed by atoms with Crippen molar-refractivity contribution in [3.8, 4) is 17.0 Å². The number of alkyl halides is 2. The van der Waals surface area contributed by atoms with E-state index in [9.17, 15) is 18.4 Å². The van der Waals surface area contributed by atoms with Crippen molar-refractivity contribution in [2.45, 2.75) is 19.5 Å². The van der Waals surface area contributed by atoms with E-state index in [-0.39, 0.29) is 40.4 Å². The molecule has 1 aliphatic carbocycles. The highest BCUT2D eigenvalue weighted by Gasteiger charge is 2.30. The Hall–Kier alpha value is -4.23. The fourth-order valence-corrected chi connectivity index (χ4v) is 2.89. The quantitative estimate of drug-likeness (QED) is 0.455. The zero-order chi connectivity index (χ0) is 26.0. The van der Waals surface area contributed by atoms with Crippen LogP contribution in [0.5, 0.6) is 5.75 Å². The van der Waals surface area contributed by atoms with Gasteiger partial charge in [0.1, 0.15) is 5.69 Å². The highest BCUT2D eigenvalue weighted by Crippen LogP contribution is 2.37. The maximum Gasteiger partial charge on any atom is 0.387 e. The summed E-state index contributed by atoms with van der Waals surface area (Å²) in [5.74, 6) is -2.35. The first-order valence-electron chi connectivity index (χ1n) is 11.1. The molecule has 172 valence electrons. The van der Waals surface area contributed by atoms with Gasteiger partial charge in [0.2, 0.25) is 5.91 Å². The van der Waals surface area contributed by atoms with Gasteiger partial charge >= 0.3 is 6.61 Å². The van der Waals surface area contributed by atoms with Crippen LogP contribution in [0.25, 0.3) is 11.3 Å². The van der Waals surface area contributed by atoms with Gasteiger partial charge < -0.3 is 20.7 Å². The summed E-state index contributed by atoms with van der Waals surface area (Å²) in [6.07, 6.45) is 4.04. The molecule has 3 heterocycles. The lowest BCUT2D eigenvalue weighted by atomic mass is 10.2. The van der Waals surface area contributed by atoms with E-state index in [4.69, 9.17) is 8.85 Å². The summed E-state index contributed by atoms with van der Waals surface area (Å²) in [5, 5.41) is 22.5. The van der Waals surface area contributed by atoms with Gasteiger partial charge in [0.25, 0.3) is 5.91 Å². The van der Waals surface area contributed by atoms with Gasteiger partial charge in [0.05, 0.1) is 17.4 Å². The van der Waals surface area contributed by atoms with Gasteiger partial charge in [-0.05, 0) is 18.9 Å². The molecule has 1 fully saturated rings. The molecule has 0 radical (unpaired) electrons. The van der Waals surface area contributed by atoms with Crippen LogP contribution < -0.4 is 20.7 Å². The summed E-state index contributed by atoms with van der Waals surface area (Å²) in [6.45, 7) is -6.09. The minimum atomic E-state index is -3.24. The van der Waals surface area contributed by atoms with Crippen LogP contribution in [0.1, 0.15) is 27.4 Å². The van der Waals surface area contributed by atoms with Crippen LogP contribution in [0.2, 0.25) is 0 Å². The van der Waals surface area contributed by atoms with E-state index in [0.29, 0.717) is 0 Å². The highest BCUT2D eigenvalue weighted by atomic mass is 19.3. The zero-order valence-electron chi connectivity index (χ0n) is 20.0. The van der Waals surface area contributed by atoms with Crippen molar-refractivity contribution in [3.05, 3.63) is 30.2 Å². The maximum atomic E-state index is 13.3. The van der Waals surface area contributed by atoms with E-state index in [2.05, 4.69) is 36.0 Å². The second kappa shape index (κ2) is 9.10. The molecule has 0 saturated heterocycles. The molecule has 3 aromatic rings. The molecule has 4 rings (SSSR count). The molecule has 0 unspecified atom stereocenters. The fraction of sp³-hybridized carbons (Fsp3) is 0.316. The third kappa shape index (κ3) is 4.99. The summed E-state index contributed by atoms with van der Waals surface area (Å²) in [4.78, 5) is 30.0. The van der Waals surface area contributed by atoms with E-state index in [1.807, 2.05) is 0 Å². The number of carbonyl (C=O) groups is 2. The minimum Gasteiger partial charge on any atom is -0.430 e. The lowest BCUT2D eigenvalue weighted by Gasteiger charge is -2.16. The van der Waals surface area contributed by atoms with Crippen molar-refractivity contribution >= 4 is 29.1 Å². The molecule has 33 heavy (non-hydrogen) atoms. The Balaban J connectivity index is 1.76. The van der Waals surface area contributed by atoms with Crippen LogP contribution in [0.15, 0.2) is 24.5 Å². The molecule has 12 nitrogen and oxygen atoms in total. The largest absolute Gasteiger partial charge is 0.430 e. The number of aryl methyl sites for hydroxylation is 1. The van der Waals surface area contributed by atoms with Gasteiger partial charge in [-0.1, -0.05) is 0 Å². The fourth-order valence-electron chi connectivity index (χ4n) is 2.89. The first kappa shape index (κ1) is 18.4. The third-order valence-electron chi connectivity index (χ3n) is 4.56. The van der Waals surface area contributed by atoms with Crippen LogP contribution in [-0.4, -0.2) is 55.6 Å². The SMILES string of the molecule is [2H]C([2H])([2H])NC(=O)c1nnc(NC(=O)C2CC2)cc1Nc1nccc(-c2cnn(C)n2)c1OC(F)F. The van der Waals surface area contributed by atoms with Crippen molar-refractivity contribution in [2.75, 3.05) is 17.6 Å². The van der Waals surface area contributed by atoms with Crippen LogP contribution in [0.4, 0.5) is 26.1 Å². The molecule has 0 spiro atoms. The second-order valence-corrected chi connectivity index (χ2v) is 6.97. The average molecular weight is 462 g/mol. The lowest BCUT2D eigenvalue weighted by molar-refractivity contribution is -0.117. The van der Waals surface area contributed by atoms with E-state index in [1.54, 1.807) is 5.32 Å². The van der Waals surface area contributed by atoms with Gasteiger partial charge in [0, 0.05) is 36.3 Å². The molecule has 3 aromatic heterocycles. The Bertz CT molecular complexity index is 1300. The van der Waals surface area contributed by atoms with Crippen LogP contribution in [-0.2, 0) is 11.8 Å². The van der Waals surface area contributed by atoms with E-state index in [1.165, 1.54) is 36.4 Å². The molecular weight excluding hydrogens is 440 g/mol. The van der Waals surface area contributed by atoms with E-state index < -0.39 is 30.9 Å². The minimum absolute atomic E-state index is 0.0544. The Labute approximate surface area is 190 Å². The molecule has 0 aliphatic heterocycles. The number of halogens is 2. The standard InChI is InChI=1S/C19H19F2N9O3/c1-22-18(32)14-11(7-13(27-28-14)26-17(31)9-3-4-9)25-16-15(33-19(20)21)10(5-6-23-16)12-8-24-30(2)29-12/h5-9,19H,3-4H2,1-2H3,(H,22,32)(H2,23,25,26,27,31)/i1D3. The molecule has 2 amide bonds. The molecule has 0 aromatic carbocycles. The van der Waals surface area contributed by atoms with Crippen molar-refractivity contribution in [3.63, 3.8) is 0 Å². The second-order valence-electron chi connectivity index (χ2n) is 6.97. The summed E-state index contributed by atoms with van der Waals surface area (Å²) < 4.78 is 53.1. The number of hydrogen-bond donors (Lipinski definition) is 3. The number of hydrogen-bond acceptors (Lipinski definition) is 9. The van der Waals surface area contributed by atoms with Gasteiger partial charge in [-0.3, -0.25) is 9.59 Å². The smallest absolute Gasteiger partial charge is 0.387 e. The Morgan fingerprint density at radius 2 is 2.15 bits per heavy atom. The lowest BCUT2D eigenvalue weighted by Crippen LogP contribution is -2.22. The van der Waals surface area contributed by atoms with Gasteiger partial charge in [-0.25, -0.2) is 4.98 Å². The molecule has 1 saturated carbocycles. The van der Waals surface area contributed by atoms with Gasteiger partial charge in [-0.2, -0.15) is 23.8 Å². The van der Waals surface area contributed by atoms with Crippen molar-refractivity contribution in [1.82, 2.24) is 35.5 Å². The monoisotopic (exact) mass is 462 g/mol. The number of anilines is 3. The summed E-state index contributed by atoms with van der Waals surface area (Å²) in [5.41, 5.74) is -0.367. The molecule has 1 aliphatic rings. The number of pyridine rings is 1. The number of nitrogens with one attached hydrogen (secondary N) is 3. The molecule has 0 atom stereocenters. The Morgan fingerprint density at radius 1 is 1.33 bits per heavy atom. The first-order valence-corrected chi connectivity index (χ1v) is 9.59. The van der Waals surface area contributed by atoms with Crippen molar-refractivity contribution < 1.29 is 27.2 Å². The molecule has 0 bridgehead atoms. The summed E-state index contributed by atoms with van der Waals surface area (Å²) >= 11 is 0. The zero-order valence-corrected chi connectivity index (χ0v) is 17.0. The Kier molecular flexibility index (Phi) is 5.06. The van der Waals surface area contributed by atoms with Gasteiger partial charge in [-0.15, -0.1) is 10.2 Å². The number of rotatable bonds is 8. The number of carbonyl (C=O) groups excluding carboxylic acids is 2. The van der Waals surface area contributed by atoms with E-state index in [0.717, 1.165) is 12.8 Å². The summed E-state index contributed by atoms with van der Waals surface area (Å²) in [7, 11) is 1.54. The van der Waals surface area contributed by atoms with Crippen molar-refractivity contribution in [2.24, 2.45) is 13.0 Å². The molecule has 3 N–H and O–H groups in total. The summed E-state index contributed by atoms with van der Waals surface area (Å²) in [6, 6.07) is 2.58. The third-order valence-corrected chi connectivity index (χ3v) is 4.56. The number of amides is 2. The van der Waals surface area contributed by atoms with E-state index >= 15 is 0 Å². The number of ether oxygens (including phenoxy) is 1. The van der Waals surface area contributed by atoms with Crippen LogP contribution in [0, 0.1) is 5.92 Å². The predicted octanol–water partition coefficient (Wildman–Crippen LogP) is 1.72. The maximum absolute atomic E-state index is 13.3. The predicted molar refractivity (Wildman–Crippen MR) is 111 cm³/mol. The first-order chi connectivity index (χ1) is 17.0. The number of nitrogens with zero attached hydrogens (tertiary/aromatic N) is 6. The molecular formula is C19H19F2N9O3. The van der Waals surface area contributed by atoms with Crippen molar-refractivity contribution in [1.29, 1.82) is 0 Å². The highest BCUT2D eigenvalue weighted by molar-refractivity contribution is 5.99.